The van der Waals surface area contributed by atoms with Crippen molar-refractivity contribution >= 4 is 35.1 Å². The molecule has 2 aliphatic rings. The summed E-state index contributed by atoms with van der Waals surface area (Å²) in [7, 11) is 0. The molecule has 0 radical (unpaired) electrons. The predicted molar refractivity (Wildman–Crippen MR) is 110 cm³/mol. The summed E-state index contributed by atoms with van der Waals surface area (Å²) in [5, 5.41) is 0. The van der Waals surface area contributed by atoms with Crippen LogP contribution in [0.2, 0.25) is 0 Å². The molecule has 7 nitrogen and oxygen atoms in total. The Morgan fingerprint density at radius 3 is 2.23 bits per heavy atom. The zero-order valence-corrected chi connectivity index (χ0v) is 16.9. The van der Waals surface area contributed by atoms with E-state index in [0.717, 1.165) is 21.7 Å². The molecule has 0 spiro atoms. The number of nitrogens with zero attached hydrogens (tertiary/aromatic N) is 2. The minimum atomic E-state index is -0.588. The number of anilines is 2. The first-order valence-electron chi connectivity index (χ1n) is 9.89. The van der Waals surface area contributed by atoms with Crippen LogP contribution in [0.15, 0.2) is 42.5 Å². The molecule has 2 saturated heterocycles. The SMILES string of the molecule is Cc1cccc(C)c1N1C[C@H](C(=O)Oc2cccc(N3C(=O)CCC3=O)c2)CC1=O. The van der Waals surface area contributed by atoms with E-state index in [0.29, 0.717) is 5.69 Å². The molecule has 154 valence electrons. The molecule has 3 amide bonds. The quantitative estimate of drug-likeness (QED) is 0.443. The van der Waals surface area contributed by atoms with Gasteiger partial charge in [-0.2, -0.15) is 0 Å². The number of benzene rings is 2. The maximum absolute atomic E-state index is 12.7. The number of ether oxygens (including phenoxy) is 1. The highest BCUT2D eigenvalue weighted by Gasteiger charge is 2.37. The van der Waals surface area contributed by atoms with Crippen molar-refractivity contribution in [2.45, 2.75) is 33.1 Å². The van der Waals surface area contributed by atoms with Crippen LogP contribution in [0.3, 0.4) is 0 Å². The van der Waals surface area contributed by atoms with Gasteiger partial charge >= 0.3 is 5.97 Å². The lowest BCUT2D eigenvalue weighted by molar-refractivity contribution is -0.139. The van der Waals surface area contributed by atoms with Gasteiger partial charge in [0.1, 0.15) is 5.75 Å². The highest BCUT2D eigenvalue weighted by Crippen LogP contribution is 2.32. The standard InChI is InChI=1S/C23H22N2O5/c1-14-5-3-6-15(2)22(14)24-13-16(11-21(24)28)23(29)30-18-8-4-7-17(12-18)25-19(26)9-10-20(25)27/h3-8,12,16H,9-11,13H2,1-2H3/t16-/m1/s1. The smallest absolute Gasteiger partial charge is 0.316 e. The maximum Gasteiger partial charge on any atom is 0.316 e. The molecule has 2 aromatic carbocycles. The lowest BCUT2D eigenvalue weighted by atomic mass is 10.1. The molecule has 0 saturated carbocycles. The minimum absolute atomic E-state index is 0.0788. The second kappa shape index (κ2) is 7.74. The van der Waals surface area contributed by atoms with Gasteiger partial charge in [0.15, 0.2) is 0 Å². The first-order valence-corrected chi connectivity index (χ1v) is 9.89. The van der Waals surface area contributed by atoms with Gasteiger partial charge in [-0.15, -0.1) is 0 Å². The number of para-hydroxylation sites is 1. The summed E-state index contributed by atoms with van der Waals surface area (Å²) in [5.41, 5.74) is 3.17. The van der Waals surface area contributed by atoms with Crippen LogP contribution in [-0.2, 0) is 19.2 Å². The van der Waals surface area contributed by atoms with Crippen molar-refractivity contribution in [2.24, 2.45) is 5.92 Å². The number of esters is 1. The Bertz CT molecular complexity index is 1030. The van der Waals surface area contributed by atoms with Crippen molar-refractivity contribution in [3.8, 4) is 5.75 Å². The van der Waals surface area contributed by atoms with E-state index in [1.54, 1.807) is 23.1 Å². The number of carbonyl (C=O) groups excluding carboxylic acids is 4. The Morgan fingerprint density at radius 2 is 1.57 bits per heavy atom. The molecule has 4 rings (SSSR count). The lowest BCUT2D eigenvalue weighted by Gasteiger charge is -2.21. The largest absolute Gasteiger partial charge is 0.426 e. The van der Waals surface area contributed by atoms with Crippen molar-refractivity contribution in [3.05, 3.63) is 53.6 Å². The Kier molecular flexibility index (Phi) is 5.11. The Hall–Kier alpha value is -3.48. The van der Waals surface area contributed by atoms with E-state index in [-0.39, 0.29) is 49.3 Å². The van der Waals surface area contributed by atoms with E-state index < -0.39 is 11.9 Å². The molecule has 0 aromatic heterocycles. The van der Waals surface area contributed by atoms with E-state index >= 15 is 0 Å². The van der Waals surface area contributed by atoms with Crippen LogP contribution in [0.5, 0.6) is 5.75 Å². The molecule has 2 fully saturated rings. The van der Waals surface area contributed by atoms with E-state index in [1.165, 1.54) is 6.07 Å². The van der Waals surface area contributed by atoms with Crippen LogP contribution < -0.4 is 14.5 Å². The monoisotopic (exact) mass is 406 g/mol. The van der Waals surface area contributed by atoms with Crippen LogP contribution >= 0.6 is 0 Å². The second-order valence-corrected chi connectivity index (χ2v) is 7.69. The third-order valence-electron chi connectivity index (χ3n) is 5.51. The summed E-state index contributed by atoms with van der Waals surface area (Å²) in [6, 6.07) is 12.1. The predicted octanol–water partition coefficient (Wildman–Crippen LogP) is 2.92. The number of hydrogen-bond donors (Lipinski definition) is 0. The molecule has 0 bridgehead atoms. The van der Waals surface area contributed by atoms with Crippen molar-refractivity contribution in [3.63, 3.8) is 0 Å². The van der Waals surface area contributed by atoms with Crippen LogP contribution in [0.25, 0.3) is 0 Å². The van der Waals surface area contributed by atoms with Crippen molar-refractivity contribution in [1.82, 2.24) is 0 Å². The van der Waals surface area contributed by atoms with Crippen molar-refractivity contribution in [1.29, 1.82) is 0 Å². The van der Waals surface area contributed by atoms with Crippen LogP contribution in [-0.4, -0.2) is 30.2 Å². The molecule has 2 aromatic rings. The van der Waals surface area contributed by atoms with Crippen LogP contribution in [0.4, 0.5) is 11.4 Å². The number of hydrogen-bond acceptors (Lipinski definition) is 5. The summed E-state index contributed by atoms with van der Waals surface area (Å²) in [4.78, 5) is 51.9. The van der Waals surface area contributed by atoms with Crippen LogP contribution in [0.1, 0.15) is 30.4 Å². The zero-order chi connectivity index (χ0) is 21.4. The van der Waals surface area contributed by atoms with E-state index in [1.807, 2.05) is 32.0 Å². The van der Waals surface area contributed by atoms with Crippen molar-refractivity contribution in [2.75, 3.05) is 16.3 Å². The molecule has 7 heteroatoms. The summed E-state index contributed by atoms with van der Waals surface area (Å²) in [6.45, 7) is 4.13. The van der Waals surface area contributed by atoms with E-state index in [4.69, 9.17) is 4.74 Å². The van der Waals surface area contributed by atoms with Gasteiger partial charge in [0.05, 0.1) is 11.6 Å². The summed E-state index contributed by atoms with van der Waals surface area (Å²) in [5.74, 6) is -1.51. The fourth-order valence-electron chi connectivity index (χ4n) is 4.06. The number of aryl methyl sites for hydroxylation is 2. The molecular weight excluding hydrogens is 384 g/mol. The third-order valence-corrected chi connectivity index (χ3v) is 5.51. The first kappa shape index (κ1) is 19.8. The third kappa shape index (κ3) is 3.58. The normalized spacial score (nSPS) is 19.0. The van der Waals surface area contributed by atoms with Gasteiger partial charge in [-0.25, -0.2) is 0 Å². The molecule has 0 aliphatic carbocycles. The van der Waals surface area contributed by atoms with Gasteiger partial charge in [-0.3, -0.25) is 24.1 Å². The fourth-order valence-corrected chi connectivity index (χ4v) is 4.06. The fraction of sp³-hybridized carbons (Fsp3) is 0.304. The number of imide groups is 1. The molecule has 30 heavy (non-hydrogen) atoms. The summed E-state index contributed by atoms with van der Waals surface area (Å²) in [6.07, 6.45) is 0.442. The summed E-state index contributed by atoms with van der Waals surface area (Å²) < 4.78 is 5.49. The van der Waals surface area contributed by atoms with E-state index in [2.05, 4.69) is 0 Å². The number of rotatable bonds is 4. The van der Waals surface area contributed by atoms with Gasteiger partial charge in [-0.1, -0.05) is 24.3 Å². The Labute approximate surface area is 174 Å². The van der Waals surface area contributed by atoms with Gasteiger partial charge in [-0.05, 0) is 37.1 Å². The molecule has 0 unspecified atom stereocenters. The van der Waals surface area contributed by atoms with Crippen LogP contribution in [0, 0.1) is 19.8 Å². The average molecular weight is 406 g/mol. The van der Waals surface area contributed by atoms with Crippen molar-refractivity contribution < 1.29 is 23.9 Å². The Balaban J connectivity index is 1.49. The van der Waals surface area contributed by atoms with Gasteiger partial charge < -0.3 is 9.64 Å². The summed E-state index contributed by atoms with van der Waals surface area (Å²) >= 11 is 0. The molecule has 2 heterocycles. The zero-order valence-electron chi connectivity index (χ0n) is 16.9. The van der Waals surface area contributed by atoms with Gasteiger partial charge in [0.2, 0.25) is 17.7 Å². The topological polar surface area (TPSA) is 84.0 Å². The van der Waals surface area contributed by atoms with E-state index in [9.17, 15) is 19.2 Å². The van der Waals surface area contributed by atoms with Gasteiger partial charge in [0.25, 0.3) is 0 Å². The maximum atomic E-state index is 12.7. The minimum Gasteiger partial charge on any atom is -0.426 e. The highest BCUT2D eigenvalue weighted by atomic mass is 16.5. The molecule has 2 aliphatic heterocycles. The average Bonchev–Trinajstić information content (AvgIpc) is 3.24. The highest BCUT2D eigenvalue weighted by molar-refractivity contribution is 6.19. The molecule has 1 atom stereocenters. The van der Waals surface area contributed by atoms with Gasteiger partial charge in [0, 0.05) is 37.6 Å². The molecule has 0 N–H and O–H groups in total. The second-order valence-electron chi connectivity index (χ2n) is 7.69. The number of carbonyl (C=O) groups is 4. The Morgan fingerprint density at radius 1 is 0.933 bits per heavy atom. The first-order chi connectivity index (χ1) is 14.3. The number of amides is 3. The molecular formula is C23H22N2O5. The lowest BCUT2D eigenvalue weighted by Crippen LogP contribution is -2.29.